The lowest BCUT2D eigenvalue weighted by atomic mass is 9.98. The van der Waals surface area contributed by atoms with Crippen LogP contribution in [0.25, 0.3) is 0 Å². The molecule has 0 aromatic heterocycles. The van der Waals surface area contributed by atoms with Gasteiger partial charge in [0.25, 0.3) is 0 Å². The number of urea groups is 1. The van der Waals surface area contributed by atoms with Crippen LogP contribution >= 0.6 is 24.0 Å². The van der Waals surface area contributed by atoms with E-state index in [0.29, 0.717) is 23.2 Å². The van der Waals surface area contributed by atoms with Crippen LogP contribution in [0.4, 0.5) is 10.5 Å². The molecule has 0 aliphatic carbocycles. The Kier molecular flexibility index (Phi) is 9.25. The van der Waals surface area contributed by atoms with Gasteiger partial charge in [0.05, 0.1) is 0 Å². The smallest absolute Gasteiger partial charge is 0.320 e. The number of rotatable bonds is 6. The van der Waals surface area contributed by atoms with Crippen molar-refractivity contribution in [1.29, 1.82) is 0 Å². The molecule has 3 rings (SSSR count). The monoisotopic (exact) mass is 436 g/mol. The van der Waals surface area contributed by atoms with Crippen LogP contribution in [0, 0.1) is 5.92 Å². The maximum atomic E-state index is 12.8. The minimum Gasteiger partial charge on any atom is -0.354 e. The fourth-order valence-electron chi connectivity index (χ4n) is 3.21. The fraction of sp³-hybridized carbons (Fsp3) is 0.333. The summed E-state index contributed by atoms with van der Waals surface area (Å²) in [6.07, 6.45) is 2.08. The van der Waals surface area contributed by atoms with Crippen LogP contribution < -0.4 is 21.3 Å². The van der Waals surface area contributed by atoms with Gasteiger partial charge in [-0.15, -0.1) is 12.4 Å². The van der Waals surface area contributed by atoms with E-state index in [0.717, 1.165) is 31.5 Å². The van der Waals surface area contributed by atoms with Gasteiger partial charge in [-0.1, -0.05) is 41.9 Å². The van der Waals surface area contributed by atoms with E-state index in [1.807, 2.05) is 30.3 Å². The third-order valence-electron chi connectivity index (χ3n) is 4.80. The first-order chi connectivity index (χ1) is 13.6. The second kappa shape index (κ2) is 11.7. The van der Waals surface area contributed by atoms with Gasteiger partial charge in [-0.2, -0.15) is 0 Å². The van der Waals surface area contributed by atoms with Gasteiger partial charge in [0, 0.05) is 17.3 Å². The molecule has 0 spiro atoms. The molecule has 156 valence electrons. The van der Waals surface area contributed by atoms with Gasteiger partial charge in [-0.05, 0) is 61.7 Å². The third kappa shape index (κ3) is 7.24. The maximum absolute atomic E-state index is 12.8. The van der Waals surface area contributed by atoms with Crippen LogP contribution in [0.15, 0.2) is 54.6 Å². The molecule has 1 heterocycles. The van der Waals surface area contributed by atoms with Gasteiger partial charge in [0.2, 0.25) is 5.91 Å². The topological polar surface area (TPSA) is 82.3 Å². The number of hydrogen-bond donors (Lipinski definition) is 4. The van der Waals surface area contributed by atoms with Crippen LogP contribution in [0.3, 0.4) is 0 Å². The van der Waals surface area contributed by atoms with Crippen molar-refractivity contribution < 1.29 is 9.59 Å². The Bertz CT molecular complexity index is 781. The minimum atomic E-state index is -0.768. The second-order valence-electron chi connectivity index (χ2n) is 6.89. The average molecular weight is 437 g/mol. The summed E-state index contributed by atoms with van der Waals surface area (Å²) >= 11 is 5.87. The summed E-state index contributed by atoms with van der Waals surface area (Å²) in [4.78, 5) is 25.3. The zero-order valence-corrected chi connectivity index (χ0v) is 17.6. The summed E-state index contributed by atoms with van der Waals surface area (Å²) in [5, 5.41) is 12.4. The second-order valence-corrected chi connectivity index (χ2v) is 7.32. The molecule has 4 N–H and O–H groups in total. The number of carbonyl (C=O) groups excluding carboxylic acids is 2. The number of carbonyl (C=O) groups is 2. The molecule has 0 unspecified atom stereocenters. The van der Waals surface area contributed by atoms with Crippen LogP contribution in [0.2, 0.25) is 5.02 Å². The highest BCUT2D eigenvalue weighted by Gasteiger charge is 2.24. The van der Waals surface area contributed by atoms with E-state index in [4.69, 9.17) is 11.6 Å². The first-order valence-electron chi connectivity index (χ1n) is 9.48. The van der Waals surface area contributed by atoms with Crippen LogP contribution in [-0.4, -0.2) is 31.6 Å². The van der Waals surface area contributed by atoms with Crippen LogP contribution in [0.1, 0.15) is 24.4 Å². The standard InChI is InChI=1S/C21H25ClN4O2.ClH/c22-17-6-8-18(9-7-17)25-21(28)26-19(16-4-2-1-3-5-16)20(27)24-14-15-10-12-23-13-11-15;/h1-9,15,19,23H,10-14H2,(H,24,27)(H2,25,26,28);1H/t19-;/m1./s1. The van der Waals surface area contributed by atoms with Crippen LogP contribution in [0.5, 0.6) is 0 Å². The van der Waals surface area contributed by atoms with Crippen molar-refractivity contribution in [2.45, 2.75) is 18.9 Å². The highest BCUT2D eigenvalue weighted by molar-refractivity contribution is 6.30. The van der Waals surface area contributed by atoms with Crippen LogP contribution in [-0.2, 0) is 4.79 Å². The number of nitrogens with one attached hydrogen (secondary N) is 4. The summed E-state index contributed by atoms with van der Waals surface area (Å²) in [6.45, 7) is 2.57. The van der Waals surface area contributed by atoms with E-state index in [-0.39, 0.29) is 18.3 Å². The molecule has 1 aliphatic heterocycles. The lowest BCUT2D eigenvalue weighted by Gasteiger charge is -2.24. The minimum absolute atomic E-state index is 0. The summed E-state index contributed by atoms with van der Waals surface area (Å²) in [7, 11) is 0. The molecule has 2 aromatic carbocycles. The quantitative estimate of drug-likeness (QED) is 0.556. The van der Waals surface area contributed by atoms with Crippen molar-refractivity contribution in [3.63, 3.8) is 0 Å². The Hall–Kier alpha value is -2.28. The molecule has 0 radical (unpaired) electrons. The molecule has 3 amide bonds. The van der Waals surface area contributed by atoms with E-state index in [1.165, 1.54) is 0 Å². The predicted molar refractivity (Wildman–Crippen MR) is 119 cm³/mol. The summed E-state index contributed by atoms with van der Waals surface area (Å²) in [5.41, 5.74) is 1.33. The predicted octanol–water partition coefficient (Wildman–Crippen LogP) is 3.74. The largest absolute Gasteiger partial charge is 0.354 e. The van der Waals surface area contributed by atoms with Crippen molar-refractivity contribution in [3.05, 3.63) is 65.2 Å². The molecular weight excluding hydrogens is 411 g/mol. The number of amides is 3. The van der Waals surface area contributed by atoms with Crippen molar-refractivity contribution in [2.24, 2.45) is 5.92 Å². The molecule has 1 saturated heterocycles. The molecule has 0 bridgehead atoms. The summed E-state index contributed by atoms with van der Waals surface area (Å²) in [6, 6.07) is 14.8. The van der Waals surface area contributed by atoms with Gasteiger partial charge in [-0.3, -0.25) is 4.79 Å². The van der Waals surface area contributed by atoms with E-state index < -0.39 is 12.1 Å². The molecule has 0 saturated carbocycles. The number of anilines is 1. The zero-order valence-electron chi connectivity index (χ0n) is 16.0. The van der Waals surface area contributed by atoms with Crippen molar-refractivity contribution in [1.82, 2.24) is 16.0 Å². The molecular formula is C21H26Cl2N4O2. The number of piperidine rings is 1. The third-order valence-corrected chi connectivity index (χ3v) is 5.05. The molecule has 1 aliphatic rings. The molecule has 6 nitrogen and oxygen atoms in total. The highest BCUT2D eigenvalue weighted by Crippen LogP contribution is 2.16. The van der Waals surface area contributed by atoms with Gasteiger partial charge >= 0.3 is 6.03 Å². The molecule has 29 heavy (non-hydrogen) atoms. The van der Waals surface area contributed by atoms with E-state index in [2.05, 4.69) is 21.3 Å². The highest BCUT2D eigenvalue weighted by atomic mass is 35.5. The summed E-state index contributed by atoms with van der Waals surface area (Å²) < 4.78 is 0. The first-order valence-corrected chi connectivity index (χ1v) is 9.86. The Labute approximate surface area is 182 Å². The fourth-order valence-corrected chi connectivity index (χ4v) is 3.34. The molecule has 2 aromatic rings. The van der Waals surface area contributed by atoms with Gasteiger partial charge in [0.1, 0.15) is 6.04 Å². The number of halogens is 2. The van der Waals surface area contributed by atoms with Gasteiger partial charge < -0.3 is 21.3 Å². The van der Waals surface area contributed by atoms with Crippen molar-refractivity contribution in [3.8, 4) is 0 Å². The lowest BCUT2D eigenvalue weighted by molar-refractivity contribution is -0.123. The Morgan fingerprint density at radius 3 is 2.34 bits per heavy atom. The number of benzene rings is 2. The van der Waals surface area contributed by atoms with Gasteiger partial charge in [-0.25, -0.2) is 4.79 Å². The first kappa shape index (κ1) is 23.0. The van der Waals surface area contributed by atoms with Crippen molar-refractivity contribution in [2.75, 3.05) is 25.0 Å². The Balaban J connectivity index is 0.00000300. The van der Waals surface area contributed by atoms with Gasteiger partial charge in [0.15, 0.2) is 0 Å². The average Bonchev–Trinajstić information content (AvgIpc) is 2.73. The molecule has 1 fully saturated rings. The van der Waals surface area contributed by atoms with Crippen molar-refractivity contribution >= 4 is 41.6 Å². The molecule has 8 heteroatoms. The van der Waals surface area contributed by atoms with E-state index >= 15 is 0 Å². The Morgan fingerprint density at radius 1 is 1.03 bits per heavy atom. The van der Waals surface area contributed by atoms with E-state index in [9.17, 15) is 9.59 Å². The summed E-state index contributed by atoms with van der Waals surface area (Å²) in [5.74, 6) is 0.250. The normalized spacial score (nSPS) is 14.9. The lowest BCUT2D eigenvalue weighted by Crippen LogP contribution is -2.44. The SMILES string of the molecule is Cl.O=C(Nc1ccc(Cl)cc1)N[C@@H](C(=O)NCC1CCNCC1)c1ccccc1. The number of hydrogen-bond acceptors (Lipinski definition) is 3. The van der Waals surface area contributed by atoms with E-state index in [1.54, 1.807) is 24.3 Å². The maximum Gasteiger partial charge on any atom is 0.320 e. The Morgan fingerprint density at radius 2 is 1.69 bits per heavy atom. The molecule has 1 atom stereocenters. The zero-order chi connectivity index (χ0) is 19.8.